The Labute approximate surface area is 216 Å². The lowest BCUT2D eigenvalue weighted by Gasteiger charge is -2.22. The number of H-pyrrole nitrogens is 2. The van der Waals surface area contributed by atoms with Gasteiger partial charge in [0, 0.05) is 36.6 Å². The summed E-state index contributed by atoms with van der Waals surface area (Å²) in [6.07, 6.45) is 1.97. The van der Waals surface area contributed by atoms with Crippen molar-refractivity contribution < 1.29 is 13.9 Å². The number of rotatable bonds is 5. The number of urea groups is 1. The zero-order valence-corrected chi connectivity index (χ0v) is 20.4. The van der Waals surface area contributed by atoms with E-state index in [1.54, 1.807) is 36.4 Å². The molecule has 0 aliphatic carbocycles. The number of nitrogens with zero attached hydrogens (tertiary/aromatic N) is 2. The van der Waals surface area contributed by atoms with Crippen LogP contribution >= 0.6 is 0 Å². The zero-order valence-electron chi connectivity index (χ0n) is 20.4. The van der Waals surface area contributed by atoms with Crippen LogP contribution in [0.3, 0.4) is 0 Å². The Balaban J connectivity index is 1.24. The summed E-state index contributed by atoms with van der Waals surface area (Å²) in [5.74, 6) is -0.0481. The van der Waals surface area contributed by atoms with Gasteiger partial charge < -0.3 is 15.0 Å². The number of halogens is 1. The zero-order chi connectivity index (χ0) is 26.1. The van der Waals surface area contributed by atoms with Crippen LogP contribution in [0.15, 0.2) is 65.5 Å². The molecular formula is C28H25FN6O3. The van der Waals surface area contributed by atoms with Crippen LogP contribution in [0.2, 0.25) is 0 Å². The van der Waals surface area contributed by atoms with Crippen LogP contribution < -0.4 is 16.2 Å². The summed E-state index contributed by atoms with van der Waals surface area (Å²) in [7, 11) is 0. The number of aromatic amines is 2. The van der Waals surface area contributed by atoms with Gasteiger partial charge in [-0.3, -0.25) is 10.1 Å². The van der Waals surface area contributed by atoms with Crippen LogP contribution in [-0.2, 0) is 11.2 Å². The van der Waals surface area contributed by atoms with E-state index in [2.05, 4.69) is 30.8 Å². The fourth-order valence-electron chi connectivity index (χ4n) is 4.81. The lowest BCUT2D eigenvalue weighted by Crippen LogP contribution is -2.41. The molecule has 5 aromatic rings. The Morgan fingerprint density at radius 2 is 1.87 bits per heavy atom. The highest BCUT2D eigenvalue weighted by Crippen LogP contribution is 2.28. The van der Waals surface area contributed by atoms with Crippen LogP contribution in [0.5, 0.6) is 0 Å². The molecule has 6 rings (SSSR count). The SMILES string of the molecule is O=C(Nc1nc2ccc(-c3cc(Cc4n[nH]c(=O)c5ccccc45)ccc3F)cc2[nH]1)NC1CCOCC1. The van der Waals surface area contributed by atoms with Gasteiger partial charge >= 0.3 is 6.03 Å². The monoisotopic (exact) mass is 512 g/mol. The Kier molecular flexibility index (Phi) is 6.30. The van der Waals surface area contributed by atoms with Crippen molar-refractivity contribution in [3.63, 3.8) is 0 Å². The number of carbonyl (C=O) groups excluding carboxylic acids is 1. The number of aromatic nitrogens is 4. The van der Waals surface area contributed by atoms with Crippen molar-refractivity contribution in [2.45, 2.75) is 25.3 Å². The number of fused-ring (bicyclic) bond motifs is 2. The Morgan fingerprint density at radius 3 is 2.71 bits per heavy atom. The van der Waals surface area contributed by atoms with Gasteiger partial charge in [-0.2, -0.15) is 5.10 Å². The minimum atomic E-state index is -0.360. The largest absolute Gasteiger partial charge is 0.381 e. The van der Waals surface area contributed by atoms with E-state index in [-0.39, 0.29) is 23.4 Å². The Morgan fingerprint density at radius 1 is 1.05 bits per heavy atom. The second kappa shape index (κ2) is 10.1. The number of nitrogens with one attached hydrogen (secondary N) is 4. The van der Waals surface area contributed by atoms with E-state index >= 15 is 0 Å². The number of hydrogen-bond acceptors (Lipinski definition) is 5. The topological polar surface area (TPSA) is 125 Å². The summed E-state index contributed by atoms with van der Waals surface area (Å²) in [6.45, 7) is 1.27. The first-order valence-electron chi connectivity index (χ1n) is 12.4. The maximum atomic E-state index is 14.9. The van der Waals surface area contributed by atoms with Crippen LogP contribution in [-0.4, -0.2) is 45.5 Å². The van der Waals surface area contributed by atoms with Gasteiger partial charge in [-0.1, -0.05) is 30.3 Å². The van der Waals surface area contributed by atoms with Gasteiger partial charge in [-0.05, 0) is 54.3 Å². The molecule has 38 heavy (non-hydrogen) atoms. The number of amides is 2. The normalized spacial score (nSPS) is 14.1. The number of hydrogen-bond donors (Lipinski definition) is 4. The Hall–Kier alpha value is -4.57. The van der Waals surface area contributed by atoms with Gasteiger partial charge in [-0.15, -0.1) is 0 Å². The summed E-state index contributed by atoms with van der Waals surface area (Å²) < 4.78 is 20.3. The molecule has 2 amide bonds. The van der Waals surface area contributed by atoms with Gasteiger partial charge in [0.2, 0.25) is 5.95 Å². The molecule has 192 valence electrons. The smallest absolute Gasteiger partial charge is 0.321 e. The first-order chi connectivity index (χ1) is 18.5. The molecule has 1 fully saturated rings. The fraction of sp³-hybridized carbons (Fsp3) is 0.214. The molecule has 3 aromatic carbocycles. The molecule has 1 saturated heterocycles. The van der Waals surface area contributed by atoms with Gasteiger partial charge in [0.05, 0.1) is 22.1 Å². The van der Waals surface area contributed by atoms with Crippen LogP contribution in [0, 0.1) is 5.82 Å². The lowest BCUT2D eigenvalue weighted by molar-refractivity contribution is 0.0806. The third-order valence-electron chi connectivity index (χ3n) is 6.76. The molecule has 4 N–H and O–H groups in total. The standard InChI is InChI=1S/C28H25FN6O3/c29-22-7-5-16(14-24-19-3-1-2-4-20(19)26(36)35-34-24)13-21(22)17-6-8-23-25(15-17)32-27(31-23)33-28(37)30-18-9-11-38-12-10-18/h1-8,13,15,18H,9-12,14H2,(H,35,36)(H3,30,31,32,33,37). The number of ether oxygens (including phenoxy) is 1. The maximum absolute atomic E-state index is 14.9. The van der Waals surface area contributed by atoms with Crippen molar-refractivity contribution >= 4 is 33.8 Å². The molecule has 0 unspecified atom stereocenters. The van der Waals surface area contributed by atoms with E-state index in [0.29, 0.717) is 58.8 Å². The first-order valence-corrected chi connectivity index (χ1v) is 12.4. The van der Waals surface area contributed by atoms with E-state index in [9.17, 15) is 14.0 Å². The third-order valence-corrected chi connectivity index (χ3v) is 6.76. The summed E-state index contributed by atoms with van der Waals surface area (Å²) in [5.41, 5.74) is 3.72. The van der Waals surface area contributed by atoms with Crippen LogP contribution in [0.25, 0.3) is 32.9 Å². The maximum Gasteiger partial charge on any atom is 0.321 e. The van der Waals surface area contributed by atoms with Crippen molar-refractivity contribution in [3.05, 3.63) is 88.1 Å². The van der Waals surface area contributed by atoms with Gasteiger partial charge in [0.1, 0.15) is 5.82 Å². The van der Waals surface area contributed by atoms with Crippen LogP contribution in [0.4, 0.5) is 15.1 Å². The molecule has 1 aliphatic heterocycles. The summed E-state index contributed by atoms with van der Waals surface area (Å²) >= 11 is 0. The van der Waals surface area contributed by atoms with Crippen LogP contribution in [0.1, 0.15) is 24.1 Å². The average molecular weight is 513 g/mol. The molecule has 1 aliphatic rings. The van der Waals surface area contributed by atoms with E-state index in [1.165, 1.54) is 6.07 Å². The van der Waals surface area contributed by atoms with Gasteiger partial charge in [0.15, 0.2) is 0 Å². The van der Waals surface area contributed by atoms with Crippen molar-refractivity contribution in [2.75, 3.05) is 18.5 Å². The first kappa shape index (κ1) is 23.8. The highest BCUT2D eigenvalue weighted by molar-refractivity contribution is 5.91. The van der Waals surface area contributed by atoms with Crippen molar-refractivity contribution in [1.29, 1.82) is 0 Å². The highest BCUT2D eigenvalue weighted by atomic mass is 19.1. The van der Waals surface area contributed by atoms with E-state index in [4.69, 9.17) is 4.74 Å². The van der Waals surface area contributed by atoms with Gasteiger partial charge in [-0.25, -0.2) is 19.3 Å². The fourth-order valence-corrected chi connectivity index (χ4v) is 4.81. The molecule has 9 nitrogen and oxygen atoms in total. The van der Waals surface area contributed by atoms with Gasteiger partial charge in [0.25, 0.3) is 5.56 Å². The number of imidazole rings is 1. The summed E-state index contributed by atoms with van der Waals surface area (Å²) in [4.78, 5) is 32.0. The van der Waals surface area contributed by atoms with Crippen molar-refractivity contribution in [2.24, 2.45) is 0 Å². The van der Waals surface area contributed by atoms with Crippen molar-refractivity contribution in [3.8, 4) is 11.1 Å². The average Bonchev–Trinajstić information content (AvgIpc) is 3.33. The van der Waals surface area contributed by atoms with E-state index in [1.807, 2.05) is 18.2 Å². The van der Waals surface area contributed by atoms with E-state index < -0.39 is 0 Å². The highest BCUT2D eigenvalue weighted by Gasteiger charge is 2.17. The molecular weight excluding hydrogens is 487 g/mol. The molecule has 0 bridgehead atoms. The number of anilines is 1. The molecule has 0 spiro atoms. The molecule has 10 heteroatoms. The summed E-state index contributed by atoms with van der Waals surface area (Å²) in [6, 6.07) is 17.3. The molecule has 3 heterocycles. The predicted molar refractivity (Wildman–Crippen MR) is 143 cm³/mol. The number of carbonyl (C=O) groups is 1. The minimum absolute atomic E-state index is 0.0688. The number of benzene rings is 3. The molecule has 0 saturated carbocycles. The second-order valence-corrected chi connectivity index (χ2v) is 9.34. The lowest BCUT2D eigenvalue weighted by atomic mass is 9.98. The molecule has 0 radical (unpaired) electrons. The molecule has 2 aromatic heterocycles. The van der Waals surface area contributed by atoms with E-state index in [0.717, 1.165) is 23.8 Å². The quantitative estimate of drug-likeness (QED) is 0.276. The summed E-state index contributed by atoms with van der Waals surface area (Å²) in [5, 5.41) is 13.8. The third kappa shape index (κ3) is 4.85. The minimum Gasteiger partial charge on any atom is -0.381 e. The molecule has 0 atom stereocenters. The second-order valence-electron chi connectivity index (χ2n) is 9.34. The predicted octanol–water partition coefficient (Wildman–Crippen LogP) is 4.50. The van der Waals surface area contributed by atoms with Crippen molar-refractivity contribution in [1.82, 2.24) is 25.5 Å². The Bertz CT molecular complexity index is 1710.